The monoisotopic (exact) mass is 279 g/mol. The number of rotatable bonds is 2. The molecule has 5 heteroatoms. The van der Waals surface area contributed by atoms with E-state index in [-0.39, 0.29) is 17.6 Å². The van der Waals surface area contributed by atoms with E-state index in [1.165, 1.54) is 6.20 Å². The van der Waals surface area contributed by atoms with Gasteiger partial charge in [0.25, 0.3) is 0 Å². The fourth-order valence-corrected chi connectivity index (χ4v) is 2.28. The van der Waals surface area contributed by atoms with Crippen molar-refractivity contribution in [1.29, 1.82) is 0 Å². The van der Waals surface area contributed by atoms with Gasteiger partial charge in [-0.15, -0.1) is 0 Å². The van der Waals surface area contributed by atoms with Gasteiger partial charge >= 0.3 is 5.97 Å². The first-order chi connectivity index (χ1) is 8.97. The van der Waals surface area contributed by atoms with E-state index in [1.54, 1.807) is 30.7 Å². The number of halogens is 1. The molecule has 1 aromatic carbocycles. The smallest absolute Gasteiger partial charge is 0.343 e. The fourth-order valence-electron chi connectivity index (χ4n) is 2.13. The molecule has 19 heavy (non-hydrogen) atoms. The van der Waals surface area contributed by atoms with E-state index < -0.39 is 5.97 Å². The van der Waals surface area contributed by atoms with Gasteiger partial charge in [0.2, 0.25) is 5.43 Å². The van der Waals surface area contributed by atoms with Crippen LogP contribution >= 0.6 is 11.6 Å². The van der Waals surface area contributed by atoms with Gasteiger partial charge in [-0.3, -0.25) is 4.79 Å². The van der Waals surface area contributed by atoms with Crippen molar-refractivity contribution in [3.63, 3.8) is 0 Å². The summed E-state index contributed by atoms with van der Waals surface area (Å²) in [6, 6.07) is 3.30. The van der Waals surface area contributed by atoms with E-state index in [1.807, 2.05) is 6.92 Å². The molecule has 0 aliphatic heterocycles. The Kier molecular flexibility index (Phi) is 3.62. The molecule has 4 nitrogen and oxygen atoms in total. The van der Waals surface area contributed by atoms with Gasteiger partial charge in [0.1, 0.15) is 5.56 Å². The first kappa shape index (κ1) is 13.6. The zero-order chi connectivity index (χ0) is 14.2. The average Bonchev–Trinajstić information content (AvgIpc) is 2.37. The minimum atomic E-state index is -0.599. The molecule has 0 amide bonds. The maximum atomic E-state index is 12.3. The van der Waals surface area contributed by atoms with Crippen molar-refractivity contribution < 1.29 is 9.53 Å². The van der Waals surface area contributed by atoms with Crippen LogP contribution < -0.4 is 5.43 Å². The molecule has 0 atom stereocenters. The Hall–Kier alpha value is -1.81. The number of benzene rings is 1. The van der Waals surface area contributed by atoms with E-state index in [2.05, 4.69) is 0 Å². The third-order valence-corrected chi connectivity index (χ3v) is 3.43. The van der Waals surface area contributed by atoms with Crippen LogP contribution in [0.15, 0.2) is 23.1 Å². The summed E-state index contributed by atoms with van der Waals surface area (Å²) in [5.41, 5.74) is 1.25. The summed E-state index contributed by atoms with van der Waals surface area (Å²) in [4.78, 5) is 24.1. The fraction of sp³-hybridized carbons (Fsp3) is 0.286. The van der Waals surface area contributed by atoms with Gasteiger partial charge in [0, 0.05) is 23.7 Å². The Morgan fingerprint density at radius 1 is 1.42 bits per heavy atom. The molecule has 0 aliphatic carbocycles. The predicted octanol–water partition coefficient (Wildman–Crippen LogP) is 2.68. The topological polar surface area (TPSA) is 48.3 Å². The lowest BCUT2D eigenvalue weighted by Crippen LogP contribution is -2.20. The molecule has 0 radical (unpaired) electrons. The summed E-state index contributed by atoms with van der Waals surface area (Å²) in [6.45, 7) is 3.78. The highest BCUT2D eigenvalue weighted by molar-refractivity contribution is 6.32. The van der Waals surface area contributed by atoms with Crippen LogP contribution in [0.5, 0.6) is 0 Å². The van der Waals surface area contributed by atoms with Gasteiger partial charge in [-0.2, -0.15) is 0 Å². The Labute approximate surface area is 115 Å². The van der Waals surface area contributed by atoms with E-state index in [9.17, 15) is 9.59 Å². The summed E-state index contributed by atoms with van der Waals surface area (Å²) in [5, 5.41) is 1.06. The van der Waals surface area contributed by atoms with Gasteiger partial charge in [0.15, 0.2) is 0 Å². The second kappa shape index (κ2) is 5.05. The Balaban J connectivity index is 2.81. The molecule has 0 saturated carbocycles. The SMILES string of the molecule is CCOC(=O)c1cn(C)c2c(C)c(Cl)ccc2c1=O. The summed E-state index contributed by atoms with van der Waals surface area (Å²) in [5.74, 6) is -0.599. The number of aryl methyl sites for hydroxylation is 2. The van der Waals surface area contributed by atoms with Gasteiger partial charge < -0.3 is 9.30 Å². The molecule has 100 valence electrons. The van der Waals surface area contributed by atoms with Gasteiger partial charge in [-0.1, -0.05) is 11.6 Å². The van der Waals surface area contributed by atoms with E-state index >= 15 is 0 Å². The normalized spacial score (nSPS) is 10.7. The molecule has 0 saturated heterocycles. The van der Waals surface area contributed by atoms with Crippen LogP contribution in [0.3, 0.4) is 0 Å². The molecule has 2 aromatic rings. The highest BCUT2D eigenvalue weighted by atomic mass is 35.5. The summed E-state index contributed by atoms with van der Waals surface area (Å²) in [7, 11) is 1.77. The van der Waals surface area contributed by atoms with Crippen molar-refractivity contribution in [3.05, 3.63) is 44.7 Å². The number of aromatic nitrogens is 1. The first-order valence-electron chi connectivity index (χ1n) is 5.93. The quantitative estimate of drug-likeness (QED) is 0.794. The minimum Gasteiger partial charge on any atom is -0.462 e. The maximum Gasteiger partial charge on any atom is 0.343 e. The van der Waals surface area contributed by atoms with Crippen molar-refractivity contribution in [2.75, 3.05) is 6.61 Å². The molecular formula is C14H14ClNO3. The second-order valence-electron chi connectivity index (χ2n) is 4.27. The molecule has 0 bridgehead atoms. The molecule has 0 unspecified atom stereocenters. The lowest BCUT2D eigenvalue weighted by molar-refractivity contribution is 0.0524. The van der Waals surface area contributed by atoms with Gasteiger partial charge in [-0.05, 0) is 31.5 Å². The van der Waals surface area contributed by atoms with E-state index in [0.29, 0.717) is 10.4 Å². The molecule has 2 rings (SSSR count). The summed E-state index contributed by atoms with van der Waals surface area (Å²) in [6.07, 6.45) is 1.49. The first-order valence-corrected chi connectivity index (χ1v) is 6.30. The third-order valence-electron chi connectivity index (χ3n) is 3.02. The zero-order valence-corrected chi connectivity index (χ0v) is 11.7. The molecular weight excluding hydrogens is 266 g/mol. The Morgan fingerprint density at radius 2 is 2.11 bits per heavy atom. The van der Waals surface area contributed by atoms with Crippen molar-refractivity contribution in [1.82, 2.24) is 4.57 Å². The van der Waals surface area contributed by atoms with Crippen molar-refractivity contribution in [3.8, 4) is 0 Å². The standard InChI is InChI=1S/C14H14ClNO3/c1-4-19-14(18)10-7-16(3)12-8(2)11(15)6-5-9(12)13(10)17/h5-7H,4H2,1-3H3. The number of pyridine rings is 1. The molecule has 0 N–H and O–H groups in total. The number of ether oxygens (including phenoxy) is 1. The lowest BCUT2D eigenvalue weighted by Gasteiger charge is -2.11. The number of hydrogen-bond acceptors (Lipinski definition) is 3. The Bertz CT molecular complexity index is 719. The van der Waals surface area contributed by atoms with Crippen LogP contribution in [0.1, 0.15) is 22.8 Å². The number of hydrogen-bond donors (Lipinski definition) is 0. The van der Waals surface area contributed by atoms with Crippen LogP contribution in [0.2, 0.25) is 5.02 Å². The number of nitrogens with zero attached hydrogens (tertiary/aromatic N) is 1. The van der Waals surface area contributed by atoms with Crippen LogP contribution in [-0.4, -0.2) is 17.1 Å². The molecule has 1 heterocycles. The molecule has 0 aliphatic rings. The van der Waals surface area contributed by atoms with Crippen LogP contribution in [0, 0.1) is 6.92 Å². The predicted molar refractivity (Wildman–Crippen MR) is 74.9 cm³/mol. The largest absolute Gasteiger partial charge is 0.462 e. The van der Waals surface area contributed by atoms with Crippen molar-refractivity contribution in [2.24, 2.45) is 7.05 Å². The van der Waals surface area contributed by atoms with Crippen LogP contribution in [0.4, 0.5) is 0 Å². The van der Waals surface area contributed by atoms with Gasteiger partial charge in [-0.25, -0.2) is 4.79 Å². The molecule has 0 fully saturated rings. The number of carbonyl (C=O) groups excluding carboxylic acids is 1. The lowest BCUT2D eigenvalue weighted by atomic mass is 10.1. The highest BCUT2D eigenvalue weighted by Crippen LogP contribution is 2.23. The van der Waals surface area contributed by atoms with E-state index in [0.717, 1.165) is 11.1 Å². The summed E-state index contributed by atoms with van der Waals surface area (Å²) >= 11 is 6.06. The van der Waals surface area contributed by atoms with Crippen molar-refractivity contribution >= 4 is 28.5 Å². The molecule has 0 spiro atoms. The van der Waals surface area contributed by atoms with Gasteiger partial charge in [0.05, 0.1) is 12.1 Å². The number of carbonyl (C=O) groups is 1. The highest BCUT2D eigenvalue weighted by Gasteiger charge is 2.16. The van der Waals surface area contributed by atoms with Crippen LogP contribution in [-0.2, 0) is 11.8 Å². The summed E-state index contributed by atoms with van der Waals surface area (Å²) < 4.78 is 6.61. The van der Waals surface area contributed by atoms with Crippen molar-refractivity contribution in [2.45, 2.75) is 13.8 Å². The second-order valence-corrected chi connectivity index (χ2v) is 4.68. The average molecular weight is 280 g/mol. The van der Waals surface area contributed by atoms with E-state index in [4.69, 9.17) is 16.3 Å². The third kappa shape index (κ3) is 2.24. The number of fused-ring (bicyclic) bond motifs is 1. The number of esters is 1. The minimum absolute atomic E-state index is 0.0403. The maximum absolute atomic E-state index is 12.3. The molecule has 1 aromatic heterocycles. The van der Waals surface area contributed by atoms with Crippen LogP contribution in [0.25, 0.3) is 10.9 Å². The Morgan fingerprint density at radius 3 is 2.74 bits per heavy atom. The zero-order valence-electron chi connectivity index (χ0n) is 11.0.